The average molecular weight is 344 g/mol. The van der Waals surface area contributed by atoms with Gasteiger partial charge in [-0.3, -0.25) is 0 Å². The minimum absolute atomic E-state index is 0.248. The molecule has 2 aromatic carbocycles. The molecule has 2 aromatic rings. The Hall–Kier alpha value is -2.89. The van der Waals surface area contributed by atoms with Crippen molar-refractivity contribution in [3.8, 4) is 17.2 Å². The van der Waals surface area contributed by atoms with Crippen molar-refractivity contribution in [2.45, 2.75) is 13.5 Å². The van der Waals surface area contributed by atoms with Crippen LogP contribution < -0.4 is 24.8 Å². The maximum Gasteiger partial charge on any atom is 0.315 e. The Kier molecular flexibility index (Phi) is 6.95. The van der Waals surface area contributed by atoms with Gasteiger partial charge in [0.25, 0.3) is 0 Å². The van der Waals surface area contributed by atoms with E-state index in [1.165, 1.54) is 0 Å². The number of methoxy groups -OCH3 is 2. The van der Waals surface area contributed by atoms with Crippen LogP contribution in [-0.4, -0.2) is 33.4 Å². The first-order valence-corrected chi connectivity index (χ1v) is 8.04. The van der Waals surface area contributed by atoms with Crippen LogP contribution in [0.25, 0.3) is 0 Å². The van der Waals surface area contributed by atoms with Gasteiger partial charge in [-0.1, -0.05) is 18.2 Å². The predicted molar refractivity (Wildman–Crippen MR) is 96.5 cm³/mol. The Labute approximate surface area is 148 Å². The van der Waals surface area contributed by atoms with Gasteiger partial charge in [-0.25, -0.2) is 4.79 Å². The van der Waals surface area contributed by atoms with Crippen molar-refractivity contribution in [2.24, 2.45) is 0 Å². The Balaban J connectivity index is 1.70. The zero-order valence-corrected chi connectivity index (χ0v) is 14.8. The smallest absolute Gasteiger partial charge is 0.315 e. The molecule has 0 aliphatic heterocycles. The number of carbonyl (C=O) groups excluding carboxylic acids is 1. The fourth-order valence-corrected chi connectivity index (χ4v) is 2.27. The largest absolute Gasteiger partial charge is 0.493 e. The van der Waals surface area contributed by atoms with Crippen molar-refractivity contribution < 1.29 is 19.0 Å². The van der Waals surface area contributed by atoms with E-state index in [9.17, 15) is 4.79 Å². The molecule has 6 heteroatoms. The minimum atomic E-state index is -0.248. The molecule has 0 radical (unpaired) electrons. The van der Waals surface area contributed by atoms with E-state index in [4.69, 9.17) is 14.2 Å². The summed E-state index contributed by atoms with van der Waals surface area (Å²) in [5.41, 5.74) is 2.06. The molecule has 2 N–H and O–H groups in total. The third-order valence-electron chi connectivity index (χ3n) is 3.55. The molecule has 0 aliphatic carbocycles. The molecule has 0 aromatic heterocycles. The lowest BCUT2D eigenvalue weighted by Crippen LogP contribution is -2.37. The Morgan fingerprint density at radius 2 is 1.80 bits per heavy atom. The molecule has 2 amide bonds. The number of aryl methyl sites for hydroxylation is 1. The highest BCUT2D eigenvalue weighted by Crippen LogP contribution is 2.27. The fraction of sp³-hybridized carbons (Fsp3) is 0.316. The molecule has 0 saturated heterocycles. The summed E-state index contributed by atoms with van der Waals surface area (Å²) in [5, 5.41) is 5.55. The number of hydrogen-bond acceptors (Lipinski definition) is 4. The molecule has 0 fully saturated rings. The maximum absolute atomic E-state index is 11.8. The van der Waals surface area contributed by atoms with Crippen LogP contribution in [0.2, 0.25) is 0 Å². The molecule has 0 atom stereocenters. The zero-order valence-electron chi connectivity index (χ0n) is 14.8. The summed E-state index contributed by atoms with van der Waals surface area (Å²) in [6.45, 7) is 3.23. The Morgan fingerprint density at radius 3 is 2.52 bits per heavy atom. The molecule has 134 valence electrons. The molecular weight excluding hydrogens is 320 g/mol. The van der Waals surface area contributed by atoms with Gasteiger partial charge < -0.3 is 24.8 Å². The van der Waals surface area contributed by atoms with E-state index in [2.05, 4.69) is 10.6 Å². The van der Waals surface area contributed by atoms with Crippen molar-refractivity contribution in [2.75, 3.05) is 27.4 Å². The third kappa shape index (κ3) is 5.91. The number of rotatable bonds is 8. The van der Waals surface area contributed by atoms with Crippen LogP contribution in [-0.2, 0) is 6.54 Å². The highest BCUT2D eigenvalue weighted by Gasteiger charge is 2.06. The minimum Gasteiger partial charge on any atom is -0.493 e. The highest BCUT2D eigenvalue weighted by atomic mass is 16.5. The van der Waals surface area contributed by atoms with Crippen LogP contribution in [0.15, 0.2) is 42.5 Å². The second kappa shape index (κ2) is 9.42. The van der Waals surface area contributed by atoms with Gasteiger partial charge in [0.05, 0.1) is 20.8 Å². The summed E-state index contributed by atoms with van der Waals surface area (Å²) in [5.74, 6) is 2.09. The number of hydrogen-bond donors (Lipinski definition) is 2. The van der Waals surface area contributed by atoms with E-state index in [1.807, 2.05) is 49.4 Å². The first kappa shape index (κ1) is 18.4. The lowest BCUT2D eigenvalue weighted by Gasteiger charge is -2.11. The summed E-state index contributed by atoms with van der Waals surface area (Å²) < 4.78 is 16.0. The Morgan fingerprint density at radius 1 is 1.00 bits per heavy atom. The van der Waals surface area contributed by atoms with Gasteiger partial charge in [0, 0.05) is 6.54 Å². The summed E-state index contributed by atoms with van der Waals surface area (Å²) >= 11 is 0. The molecule has 0 aliphatic rings. The van der Waals surface area contributed by atoms with E-state index in [0.29, 0.717) is 31.2 Å². The van der Waals surface area contributed by atoms with Gasteiger partial charge in [-0.15, -0.1) is 0 Å². The standard InChI is InChI=1S/C19H24N2O4/c1-14-5-4-6-16(11-14)25-10-9-20-19(22)21-13-15-7-8-17(23-2)18(12-15)24-3/h4-8,11-12H,9-10,13H2,1-3H3,(H2,20,21,22). The molecule has 6 nitrogen and oxygen atoms in total. The normalized spacial score (nSPS) is 10.0. The van der Waals surface area contributed by atoms with Gasteiger partial charge in [-0.05, 0) is 42.3 Å². The predicted octanol–water partition coefficient (Wildman–Crippen LogP) is 2.89. The number of carbonyl (C=O) groups is 1. The lowest BCUT2D eigenvalue weighted by molar-refractivity contribution is 0.236. The average Bonchev–Trinajstić information content (AvgIpc) is 2.63. The van der Waals surface area contributed by atoms with Gasteiger partial charge >= 0.3 is 6.03 Å². The molecule has 25 heavy (non-hydrogen) atoms. The van der Waals surface area contributed by atoms with E-state index < -0.39 is 0 Å². The summed E-state index contributed by atoms with van der Waals surface area (Å²) in [4.78, 5) is 11.8. The van der Waals surface area contributed by atoms with Crippen LogP contribution in [0, 0.1) is 6.92 Å². The first-order valence-electron chi connectivity index (χ1n) is 8.04. The number of urea groups is 1. The molecule has 0 heterocycles. The molecule has 2 rings (SSSR count). The van der Waals surface area contributed by atoms with Crippen LogP contribution >= 0.6 is 0 Å². The zero-order chi connectivity index (χ0) is 18.1. The third-order valence-corrected chi connectivity index (χ3v) is 3.55. The monoisotopic (exact) mass is 344 g/mol. The van der Waals surface area contributed by atoms with Crippen LogP contribution in [0.4, 0.5) is 4.79 Å². The molecular formula is C19H24N2O4. The van der Waals surface area contributed by atoms with Gasteiger partial charge in [0.1, 0.15) is 12.4 Å². The maximum atomic E-state index is 11.8. The number of nitrogens with one attached hydrogen (secondary N) is 2. The molecule has 0 spiro atoms. The van der Waals surface area contributed by atoms with Gasteiger partial charge in [0.15, 0.2) is 11.5 Å². The molecule has 0 bridgehead atoms. The summed E-state index contributed by atoms with van der Waals surface area (Å²) in [7, 11) is 3.16. The first-order chi connectivity index (χ1) is 12.1. The SMILES string of the molecule is COc1ccc(CNC(=O)NCCOc2cccc(C)c2)cc1OC. The number of ether oxygens (including phenoxy) is 3. The van der Waals surface area contributed by atoms with Gasteiger partial charge in [-0.2, -0.15) is 0 Å². The van der Waals surface area contributed by atoms with Gasteiger partial charge in [0.2, 0.25) is 0 Å². The highest BCUT2D eigenvalue weighted by molar-refractivity contribution is 5.73. The van der Waals surface area contributed by atoms with Crippen LogP contribution in [0.1, 0.15) is 11.1 Å². The van der Waals surface area contributed by atoms with E-state index in [1.54, 1.807) is 14.2 Å². The van der Waals surface area contributed by atoms with Crippen LogP contribution in [0.3, 0.4) is 0 Å². The van der Waals surface area contributed by atoms with Crippen LogP contribution in [0.5, 0.6) is 17.2 Å². The molecule has 0 unspecified atom stereocenters. The number of amides is 2. The van der Waals surface area contributed by atoms with Crippen molar-refractivity contribution in [3.05, 3.63) is 53.6 Å². The fourth-order valence-electron chi connectivity index (χ4n) is 2.27. The Bertz CT molecular complexity index is 704. The van der Waals surface area contributed by atoms with Crippen molar-refractivity contribution in [1.82, 2.24) is 10.6 Å². The quantitative estimate of drug-likeness (QED) is 0.723. The molecule has 0 saturated carbocycles. The van der Waals surface area contributed by atoms with Crippen molar-refractivity contribution in [3.63, 3.8) is 0 Å². The summed E-state index contributed by atoms with van der Waals surface area (Å²) in [6, 6.07) is 13.1. The number of benzene rings is 2. The second-order valence-electron chi connectivity index (χ2n) is 5.46. The van der Waals surface area contributed by atoms with E-state index in [-0.39, 0.29) is 6.03 Å². The lowest BCUT2D eigenvalue weighted by atomic mass is 10.2. The second-order valence-corrected chi connectivity index (χ2v) is 5.46. The van der Waals surface area contributed by atoms with Crippen molar-refractivity contribution >= 4 is 6.03 Å². The van der Waals surface area contributed by atoms with E-state index >= 15 is 0 Å². The van der Waals surface area contributed by atoms with E-state index in [0.717, 1.165) is 16.9 Å². The summed E-state index contributed by atoms with van der Waals surface area (Å²) in [6.07, 6.45) is 0. The van der Waals surface area contributed by atoms with Crippen molar-refractivity contribution in [1.29, 1.82) is 0 Å². The topological polar surface area (TPSA) is 68.8 Å².